The fourth-order valence-electron chi connectivity index (χ4n) is 10.4. The highest BCUT2D eigenvalue weighted by molar-refractivity contribution is 5.97. The summed E-state index contributed by atoms with van der Waals surface area (Å²) in [7, 11) is 9.45. The van der Waals surface area contributed by atoms with E-state index in [-0.39, 0.29) is 18.2 Å². The molecular formula is C71H78ClN15O12. The molecule has 6 atom stereocenters. The third-order valence-corrected chi connectivity index (χ3v) is 16.1. The third kappa shape index (κ3) is 20.4. The smallest absolute Gasteiger partial charge is 0.270 e. The van der Waals surface area contributed by atoms with Crippen molar-refractivity contribution in [2.45, 2.75) is 64.3 Å². The highest BCUT2D eigenvalue weighted by atomic mass is 35.5. The van der Waals surface area contributed by atoms with Crippen LogP contribution < -0.4 is 40.1 Å². The van der Waals surface area contributed by atoms with Crippen LogP contribution in [0.1, 0.15) is 82.7 Å². The molecule has 516 valence electrons. The zero-order chi connectivity index (χ0) is 69.5. The molecule has 28 heteroatoms. The average Bonchev–Trinajstić information content (AvgIpc) is 1.70. The molecule has 0 radical (unpaired) electrons. The molecular weight excluding hydrogens is 1290 g/mol. The summed E-state index contributed by atoms with van der Waals surface area (Å²) < 4.78 is 52.5. The van der Waals surface area contributed by atoms with E-state index in [4.69, 9.17) is 54.4 Å². The zero-order valence-electron chi connectivity index (χ0n) is 56.1. The second-order valence-electron chi connectivity index (χ2n) is 22.6. The van der Waals surface area contributed by atoms with Crippen LogP contribution in [0.4, 0.5) is 0 Å². The van der Waals surface area contributed by atoms with Crippen molar-refractivity contribution in [3.8, 4) is 85.7 Å². The van der Waals surface area contributed by atoms with Gasteiger partial charge < -0.3 is 63.3 Å². The molecule has 0 aliphatic heterocycles. The van der Waals surface area contributed by atoms with Crippen LogP contribution in [0.5, 0.6) is 34.9 Å². The minimum absolute atomic E-state index is 0. The second kappa shape index (κ2) is 36.5. The van der Waals surface area contributed by atoms with Gasteiger partial charge in [-0.3, -0.25) is 15.0 Å². The Hall–Kier alpha value is -10.9. The Morgan fingerprint density at radius 1 is 0.505 bits per heavy atom. The van der Waals surface area contributed by atoms with E-state index in [0.717, 1.165) is 92.5 Å². The Labute approximate surface area is 579 Å². The maximum atomic E-state index is 8.98. The molecule has 7 aromatic heterocycles. The van der Waals surface area contributed by atoms with Crippen molar-refractivity contribution in [1.82, 2.24) is 55.0 Å². The number of hydrogen-bond acceptors (Lipinski definition) is 26. The maximum absolute atomic E-state index is 8.98. The number of methoxy groups -OCH3 is 6. The zero-order valence-corrected chi connectivity index (χ0v) is 56.9. The predicted octanol–water partition coefficient (Wildman–Crippen LogP) is 11.1. The van der Waals surface area contributed by atoms with Crippen LogP contribution in [0.15, 0.2) is 162 Å². The quantitative estimate of drug-likeness (QED) is 0.0152. The lowest BCUT2D eigenvalue weighted by atomic mass is 10.1. The summed E-state index contributed by atoms with van der Waals surface area (Å²) in [6.45, 7) is 6.75. The van der Waals surface area contributed by atoms with Crippen LogP contribution in [0.3, 0.4) is 0 Å². The molecule has 0 amide bonds. The van der Waals surface area contributed by atoms with Gasteiger partial charge in [-0.2, -0.15) is 25.2 Å². The third-order valence-electron chi connectivity index (χ3n) is 16.1. The van der Waals surface area contributed by atoms with Crippen LogP contribution in [-0.4, -0.2) is 140 Å². The number of nitrogens with two attached hydrogens (primary N) is 2. The first-order valence-electron chi connectivity index (χ1n) is 31.0. The number of aromatic nitrogens is 11. The van der Waals surface area contributed by atoms with E-state index in [1.54, 1.807) is 82.8 Å². The number of aryl methyl sites for hydroxylation is 3. The number of halogens is 1. The first-order chi connectivity index (χ1) is 47.8. The maximum Gasteiger partial charge on any atom is 0.270 e. The monoisotopic (exact) mass is 1370 g/mol. The van der Waals surface area contributed by atoms with Crippen LogP contribution in [0, 0.1) is 49.9 Å². The van der Waals surface area contributed by atoms with Crippen LogP contribution in [-0.2, 0) is 14.2 Å². The van der Waals surface area contributed by atoms with Gasteiger partial charge in [0.25, 0.3) is 6.48 Å². The van der Waals surface area contributed by atoms with E-state index in [1.165, 1.54) is 27.7 Å². The van der Waals surface area contributed by atoms with Gasteiger partial charge in [-0.1, -0.05) is 71.0 Å². The summed E-state index contributed by atoms with van der Waals surface area (Å²) in [5.41, 5.74) is 16.2. The van der Waals surface area contributed by atoms with Crippen molar-refractivity contribution >= 4 is 18.2 Å². The SMILES string of the molecule is COC(OC)OC.COc1ccc([C@H]2C[C@@H]2COc2nc(C)ncc2-c2ccc(-c3ncon3)cc2)nc1.COc1ccc([C@H]2C[C@@H]2COc2nc(C)ncc2-c2ccc(/C(N)=N/O)cc2)nc1.COc1ccc([C@H]2C[C@@H]2COc2nc(C)ncc2-c2ccc(C#N)cc2)nc1.Cl.NO. The van der Waals surface area contributed by atoms with Crippen molar-refractivity contribution in [3.05, 3.63) is 198 Å². The second-order valence-corrected chi connectivity index (χ2v) is 22.6. The molecule has 7 heterocycles. The molecule has 0 unspecified atom stereocenters. The number of nitriles is 1. The van der Waals surface area contributed by atoms with E-state index in [2.05, 4.69) is 86.3 Å². The lowest BCUT2D eigenvalue weighted by Crippen LogP contribution is -2.14. The summed E-state index contributed by atoms with van der Waals surface area (Å²) >= 11 is 0. The summed E-state index contributed by atoms with van der Waals surface area (Å²) in [4.78, 5) is 44.0. The highest BCUT2D eigenvalue weighted by Crippen LogP contribution is 2.49. The Bertz CT molecular complexity index is 4190. The number of oxime groups is 1. The minimum Gasteiger partial charge on any atom is -0.495 e. The fraction of sp³-hybridized carbons (Fsp3) is 0.310. The van der Waals surface area contributed by atoms with Gasteiger partial charge in [0.1, 0.15) is 34.7 Å². The molecule has 0 saturated heterocycles. The van der Waals surface area contributed by atoms with Crippen LogP contribution in [0.2, 0.25) is 0 Å². The summed E-state index contributed by atoms with van der Waals surface area (Å²) in [6.07, 6.45) is 15.0. The molecule has 3 aromatic carbocycles. The lowest BCUT2D eigenvalue weighted by molar-refractivity contribution is -0.252. The Morgan fingerprint density at radius 3 is 1.15 bits per heavy atom. The van der Waals surface area contributed by atoms with Gasteiger partial charge in [0.05, 0.1) is 88.1 Å². The van der Waals surface area contributed by atoms with Gasteiger partial charge in [0.15, 0.2) is 5.84 Å². The molecule has 99 heavy (non-hydrogen) atoms. The number of rotatable bonds is 23. The van der Waals surface area contributed by atoms with Gasteiger partial charge in [0.2, 0.25) is 29.9 Å². The van der Waals surface area contributed by atoms with Gasteiger partial charge in [-0.15, -0.1) is 12.4 Å². The number of nitrogens with zero attached hydrogens (tertiary/aromatic N) is 13. The molecule has 13 rings (SSSR count). The Morgan fingerprint density at radius 2 is 0.859 bits per heavy atom. The van der Waals surface area contributed by atoms with Crippen LogP contribution >= 0.6 is 12.4 Å². The van der Waals surface area contributed by atoms with Gasteiger partial charge >= 0.3 is 0 Å². The normalized spacial score (nSPS) is 16.7. The molecule has 0 spiro atoms. The van der Waals surface area contributed by atoms with Gasteiger partial charge in [-0.05, 0) is 105 Å². The summed E-state index contributed by atoms with van der Waals surface area (Å²) in [5, 5.41) is 31.2. The van der Waals surface area contributed by atoms with E-state index in [0.29, 0.717) is 107 Å². The van der Waals surface area contributed by atoms with Crippen molar-refractivity contribution < 1.29 is 57.6 Å². The standard InChI is InChI=1S/C23H21N5O3.C22H23N5O3.C22H20N4O2.C4H10O3.ClH.H3NO/c1-14-24-11-20(15-3-5-16(6-4-15)22-26-13-31-28-22)23(27-14)30-12-17-9-19(17)21-8-7-18(29-2)10-25-21;1-13-24-11-19(14-3-5-15(6-4-14)21(23)27-28)22(26-13)30-12-16-9-18(16)20-8-7-17(29-2)10-25-20;1-14-24-12-20(16-5-3-15(10-23)4-6-16)22(26-14)28-13-17-9-19(17)21-8-7-18(27-2)11-25-21;1-5-4(6-2)7-3;;1-2/h3-8,10-11,13,17,19H,9,12H2,1-2H3;3-8,10-11,16,18,28H,9,12H2,1-2H3,(H2,23,27);3-8,11-12,17,19H,9,13H2,1-2H3;4H,1-3H3;1H;2H,1H2/t17-,19+;16-,18+;17-,19+;;;/m111.../s1. The topological polar surface area (TPSA) is 367 Å². The number of pyridine rings is 3. The van der Waals surface area contributed by atoms with Gasteiger partial charge in [0, 0.05) is 104 Å². The van der Waals surface area contributed by atoms with Crippen molar-refractivity contribution in [3.63, 3.8) is 0 Å². The van der Waals surface area contributed by atoms with E-state index >= 15 is 0 Å². The average molecular weight is 1370 g/mol. The van der Waals surface area contributed by atoms with Gasteiger partial charge in [-0.25, -0.2) is 20.8 Å². The highest BCUT2D eigenvalue weighted by Gasteiger charge is 2.42. The summed E-state index contributed by atoms with van der Waals surface area (Å²) in [6, 6.07) is 36.5. The van der Waals surface area contributed by atoms with Crippen molar-refractivity contribution in [1.29, 1.82) is 5.26 Å². The van der Waals surface area contributed by atoms with Crippen molar-refractivity contribution in [2.24, 2.45) is 34.5 Å². The van der Waals surface area contributed by atoms with E-state index < -0.39 is 6.48 Å². The molecule has 3 saturated carbocycles. The molecule has 10 aromatic rings. The first kappa shape index (κ1) is 73.9. The number of ether oxygens (including phenoxy) is 9. The number of amidine groups is 1. The number of benzene rings is 3. The molecule has 0 bridgehead atoms. The predicted molar refractivity (Wildman–Crippen MR) is 367 cm³/mol. The Kier molecular flexibility index (Phi) is 27.2. The van der Waals surface area contributed by atoms with E-state index in [1.807, 2.05) is 106 Å². The largest absolute Gasteiger partial charge is 0.495 e. The molecule has 3 aliphatic rings. The molecule has 6 N–H and O–H groups in total. The summed E-state index contributed by atoms with van der Waals surface area (Å²) in [5.74, 6) is 12.5. The number of hydrogen-bond donors (Lipinski definition) is 4. The van der Waals surface area contributed by atoms with E-state index in [9.17, 15) is 0 Å². The fourth-order valence-corrected chi connectivity index (χ4v) is 10.4. The molecule has 3 aliphatic carbocycles. The van der Waals surface area contributed by atoms with Crippen molar-refractivity contribution in [2.75, 3.05) is 62.5 Å². The Balaban J connectivity index is 0.000000177. The molecule has 3 fully saturated rings. The molecule has 27 nitrogen and oxygen atoms in total. The lowest BCUT2D eigenvalue weighted by Gasteiger charge is -2.11. The first-order valence-corrected chi connectivity index (χ1v) is 31.0. The van der Waals surface area contributed by atoms with Crippen LogP contribution in [0.25, 0.3) is 44.8 Å². The minimum atomic E-state index is -0.514.